The van der Waals surface area contributed by atoms with Crippen LogP contribution in [0.2, 0.25) is 5.02 Å². The number of halogens is 1. The molecule has 5 nitrogen and oxygen atoms in total. The van der Waals surface area contributed by atoms with Crippen LogP contribution < -0.4 is 0 Å². The third-order valence-corrected chi connectivity index (χ3v) is 3.36. The quantitative estimate of drug-likeness (QED) is 0.621. The largest absolute Gasteiger partial charge is 0.455 e. The molecule has 1 heterocycles. The lowest BCUT2D eigenvalue weighted by Gasteiger charge is -2.15. The first kappa shape index (κ1) is 13.5. The number of rotatable bonds is 3. The summed E-state index contributed by atoms with van der Waals surface area (Å²) in [6.07, 6.45) is 2.28. The second-order valence-electron chi connectivity index (χ2n) is 4.38. The lowest BCUT2D eigenvalue weighted by Crippen LogP contribution is -2.01. The van der Waals surface area contributed by atoms with Gasteiger partial charge in [0.1, 0.15) is 12.5 Å². The molecule has 0 amide bonds. The van der Waals surface area contributed by atoms with Crippen LogP contribution in [0, 0.1) is 10.1 Å². The molecule has 0 atom stereocenters. The van der Waals surface area contributed by atoms with Gasteiger partial charge in [-0.3, -0.25) is 10.1 Å². The number of nitrogens with zero attached hydrogens (tertiary/aromatic N) is 1. The highest BCUT2D eigenvalue weighted by molar-refractivity contribution is 6.30. The number of ether oxygens (including phenoxy) is 2. The van der Waals surface area contributed by atoms with E-state index in [4.69, 9.17) is 21.1 Å². The molecule has 0 unspecified atom stereocenters. The topological polar surface area (TPSA) is 61.6 Å². The second kappa shape index (κ2) is 5.46. The van der Waals surface area contributed by atoms with E-state index in [-0.39, 0.29) is 5.69 Å². The van der Waals surface area contributed by atoms with Crippen molar-refractivity contribution in [1.82, 2.24) is 0 Å². The van der Waals surface area contributed by atoms with E-state index in [1.54, 1.807) is 24.3 Å². The Hall–Kier alpha value is -2.53. The minimum Gasteiger partial charge on any atom is -0.455 e. The summed E-state index contributed by atoms with van der Waals surface area (Å²) in [7, 11) is 0. The normalized spacial score (nSPS) is 13.8. The van der Waals surface area contributed by atoms with E-state index in [2.05, 4.69) is 0 Å². The van der Waals surface area contributed by atoms with Gasteiger partial charge in [0.25, 0.3) is 12.0 Å². The van der Waals surface area contributed by atoms with Crippen molar-refractivity contribution in [3.63, 3.8) is 0 Å². The molecule has 0 bridgehead atoms. The molecule has 6 heteroatoms. The van der Waals surface area contributed by atoms with Crippen LogP contribution in [0.25, 0.3) is 11.1 Å². The zero-order valence-electron chi connectivity index (χ0n) is 10.7. The van der Waals surface area contributed by atoms with Crippen LogP contribution in [-0.4, -0.2) is 4.92 Å². The summed E-state index contributed by atoms with van der Waals surface area (Å²) in [6, 6.07) is 11.8. The second-order valence-corrected chi connectivity index (χ2v) is 4.82. The first-order chi connectivity index (χ1) is 10.2. The molecule has 0 fully saturated rings. The highest BCUT2D eigenvalue weighted by atomic mass is 35.5. The maximum Gasteiger partial charge on any atom is 0.278 e. The van der Waals surface area contributed by atoms with Gasteiger partial charge in [-0.2, -0.15) is 0 Å². The maximum atomic E-state index is 11.3. The minimum atomic E-state index is -0.600. The van der Waals surface area contributed by atoms with Crippen LogP contribution in [0.5, 0.6) is 0 Å². The molecule has 0 saturated heterocycles. The van der Waals surface area contributed by atoms with Gasteiger partial charge in [-0.25, -0.2) is 0 Å². The molecule has 0 spiro atoms. The molecule has 0 N–H and O–H groups in total. The number of nitro groups is 1. The van der Waals surface area contributed by atoms with Crippen LogP contribution >= 0.6 is 11.6 Å². The van der Waals surface area contributed by atoms with Gasteiger partial charge in [0.15, 0.2) is 0 Å². The number of hydrogen-bond donors (Lipinski definition) is 0. The van der Waals surface area contributed by atoms with Crippen molar-refractivity contribution in [2.24, 2.45) is 0 Å². The smallest absolute Gasteiger partial charge is 0.278 e. The molecule has 0 saturated carbocycles. The Balaban J connectivity index is 2.15. The van der Waals surface area contributed by atoms with Gasteiger partial charge < -0.3 is 9.47 Å². The van der Waals surface area contributed by atoms with Gasteiger partial charge >= 0.3 is 0 Å². The van der Waals surface area contributed by atoms with E-state index in [1.165, 1.54) is 18.6 Å². The Labute approximate surface area is 125 Å². The van der Waals surface area contributed by atoms with Crippen LogP contribution in [0.3, 0.4) is 0 Å². The van der Waals surface area contributed by atoms with Crippen LogP contribution in [0.1, 0.15) is 11.9 Å². The predicted molar refractivity (Wildman–Crippen MR) is 77.6 cm³/mol. The molecule has 2 aromatic rings. The van der Waals surface area contributed by atoms with Gasteiger partial charge in [-0.15, -0.1) is 0 Å². The Bertz CT molecular complexity index is 721. The SMILES string of the molecule is O=[N+]([O-])c1cc(Cl)ccc1-c1ccccc1C1OC=CO1. The average molecular weight is 304 g/mol. The van der Waals surface area contributed by atoms with Crippen molar-refractivity contribution in [1.29, 1.82) is 0 Å². The molecule has 106 valence electrons. The molecular formula is C15H10ClNO4. The Morgan fingerprint density at radius 2 is 1.76 bits per heavy atom. The first-order valence-electron chi connectivity index (χ1n) is 6.16. The van der Waals surface area contributed by atoms with E-state index in [9.17, 15) is 10.1 Å². The van der Waals surface area contributed by atoms with E-state index >= 15 is 0 Å². The molecule has 21 heavy (non-hydrogen) atoms. The fourth-order valence-corrected chi connectivity index (χ4v) is 2.38. The zero-order chi connectivity index (χ0) is 14.8. The standard InChI is InChI=1S/C15H10ClNO4/c16-10-5-6-12(14(9-10)17(18)19)11-3-1-2-4-13(11)15-20-7-8-21-15/h1-9,15H. The minimum absolute atomic E-state index is 0.0547. The summed E-state index contributed by atoms with van der Waals surface area (Å²) >= 11 is 5.85. The third kappa shape index (κ3) is 2.55. The van der Waals surface area contributed by atoms with Crippen molar-refractivity contribution in [3.8, 4) is 11.1 Å². The molecular weight excluding hydrogens is 294 g/mol. The molecule has 1 aliphatic rings. The Kier molecular flexibility index (Phi) is 3.50. The Morgan fingerprint density at radius 3 is 2.48 bits per heavy atom. The van der Waals surface area contributed by atoms with Crippen LogP contribution in [0.4, 0.5) is 5.69 Å². The highest BCUT2D eigenvalue weighted by Gasteiger charge is 2.24. The van der Waals surface area contributed by atoms with Gasteiger partial charge in [0, 0.05) is 16.7 Å². The van der Waals surface area contributed by atoms with Crippen molar-refractivity contribution in [3.05, 3.63) is 75.7 Å². The molecule has 3 rings (SSSR count). The highest BCUT2D eigenvalue weighted by Crippen LogP contribution is 2.38. The number of hydrogen-bond acceptors (Lipinski definition) is 4. The summed E-state index contributed by atoms with van der Waals surface area (Å²) in [4.78, 5) is 10.8. The number of benzene rings is 2. The van der Waals surface area contributed by atoms with E-state index in [1.807, 2.05) is 12.1 Å². The van der Waals surface area contributed by atoms with Gasteiger partial charge in [-0.1, -0.05) is 35.9 Å². The van der Waals surface area contributed by atoms with E-state index < -0.39 is 11.2 Å². The molecule has 0 radical (unpaired) electrons. The summed E-state index contributed by atoms with van der Waals surface area (Å²) in [6.45, 7) is 0. The maximum absolute atomic E-state index is 11.3. The predicted octanol–water partition coefficient (Wildman–Crippen LogP) is 4.43. The fourth-order valence-electron chi connectivity index (χ4n) is 2.22. The van der Waals surface area contributed by atoms with E-state index in [0.29, 0.717) is 21.7 Å². The molecule has 0 aliphatic carbocycles. The van der Waals surface area contributed by atoms with Crippen molar-refractivity contribution < 1.29 is 14.4 Å². The molecule has 2 aromatic carbocycles. The van der Waals surface area contributed by atoms with Crippen molar-refractivity contribution in [2.45, 2.75) is 6.29 Å². The van der Waals surface area contributed by atoms with Crippen LogP contribution in [-0.2, 0) is 9.47 Å². The lowest BCUT2D eigenvalue weighted by molar-refractivity contribution is -0.384. The lowest BCUT2D eigenvalue weighted by atomic mass is 9.98. The summed E-state index contributed by atoms with van der Waals surface area (Å²) < 4.78 is 10.7. The first-order valence-corrected chi connectivity index (χ1v) is 6.54. The summed E-state index contributed by atoms with van der Waals surface area (Å²) in [5.74, 6) is 0. The van der Waals surface area contributed by atoms with Gasteiger partial charge in [-0.05, 0) is 17.7 Å². The van der Waals surface area contributed by atoms with E-state index in [0.717, 1.165) is 0 Å². The van der Waals surface area contributed by atoms with Gasteiger partial charge in [0.05, 0.1) is 10.5 Å². The molecule has 0 aromatic heterocycles. The average Bonchev–Trinajstić information content (AvgIpc) is 3.01. The summed E-state index contributed by atoms with van der Waals surface area (Å²) in [5, 5.41) is 11.6. The summed E-state index contributed by atoms with van der Waals surface area (Å²) in [5.41, 5.74) is 1.81. The monoisotopic (exact) mass is 303 g/mol. The molecule has 1 aliphatic heterocycles. The Morgan fingerprint density at radius 1 is 1.05 bits per heavy atom. The number of nitro benzene ring substituents is 1. The van der Waals surface area contributed by atoms with Crippen molar-refractivity contribution >= 4 is 17.3 Å². The van der Waals surface area contributed by atoms with Crippen LogP contribution in [0.15, 0.2) is 55.0 Å². The van der Waals surface area contributed by atoms with Crippen molar-refractivity contribution in [2.75, 3.05) is 0 Å². The van der Waals surface area contributed by atoms with Gasteiger partial charge in [0.2, 0.25) is 0 Å². The third-order valence-electron chi connectivity index (χ3n) is 3.12. The fraction of sp³-hybridized carbons (Fsp3) is 0.0667. The zero-order valence-corrected chi connectivity index (χ0v) is 11.5.